The molecule has 1 amide bonds. The molecule has 2 aromatic rings. The molecule has 3 rings (SSSR count). The number of benzene rings is 2. The second kappa shape index (κ2) is 9.31. The molecule has 0 saturated carbocycles. The van der Waals surface area contributed by atoms with E-state index in [9.17, 15) is 4.79 Å². The molecule has 0 bridgehead atoms. The van der Waals surface area contributed by atoms with Gasteiger partial charge in [-0.3, -0.25) is 4.79 Å². The third kappa shape index (κ3) is 5.16. The normalized spacial score (nSPS) is 16.7. The highest BCUT2D eigenvalue weighted by Crippen LogP contribution is 2.28. The number of para-hydroxylation sites is 1. The topological polar surface area (TPSA) is 50.8 Å². The number of hydrogen-bond donors (Lipinski definition) is 1. The highest BCUT2D eigenvalue weighted by atomic mass is 16.5. The van der Waals surface area contributed by atoms with Crippen molar-refractivity contribution in [3.05, 3.63) is 54.1 Å². The number of nitrogens with zero attached hydrogens (tertiary/aromatic N) is 1. The molecule has 1 aliphatic heterocycles. The van der Waals surface area contributed by atoms with Crippen LogP contribution in [0.15, 0.2) is 48.5 Å². The fourth-order valence-electron chi connectivity index (χ4n) is 3.54. The summed E-state index contributed by atoms with van der Waals surface area (Å²) >= 11 is 0. The van der Waals surface area contributed by atoms with E-state index in [0.717, 1.165) is 37.2 Å². The van der Waals surface area contributed by atoms with Gasteiger partial charge in [-0.1, -0.05) is 24.3 Å². The summed E-state index contributed by atoms with van der Waals surface area (Å²) in [6, 6.07) is 16.3. The van der Waals surface area contributed by atoms with Gasteiger partial charge >= 0.3 is 0 Å². The first-order valence-electron chi connectivity index (χ1n) is 9.50. The lowest BCUT2D eigenvalue weighted by molar-refractivity contribution is -0.132. The van der Waals surface area contributed by atoms with Crippen LogP contribution in [-0.4, -0.2) is 44.2 Å². The maximum Gasteiger partial charge on any atom is 0.222 e. The summed E-state index contributed by atoms with van der Waals surface area (Å²) in [5, 5.41) is 3.54. The van der Waals surface area contributed by atoms with Gasteiger partial charge in [0.05, 0.1) is 14.2 Å². The Morgan fingerprint density at radius 3 is 2.63 bits per heavy atom. The molecule has 1 saturated heterocycles. The van der Waals surface area contributed by atoms with Crippen LogP contribution in [0.4, 0.5) is 5.69 Å². The Balaban J connectivity index is 1.53. The van der Waals surface area contributed by atoms with E-state index >= 15 is 0 Å². The van der Waals surface area contributed by atoms with Gasteiger partial charge in [0.15, 0.2) is 11.5 Å². The van der Waals surface area contributed by atoms with E-state index in [4.69, 9.17) is 9.47 Å². The van der Waals surface area contributed by atoms with Crippen molar-refractivity contribution in [2.45, 2.75) is 31.7 Å². The molecule has 1 atom stereocenters. The van der Waals surface area contributed by atoms with Crippen molar-refractivity contribution < 1.29 is 14.3 Å². The summed E-state index contributed by atoms with van der Waals surface area (Å²) in [6.45, 7) is 1.61. The third-order valence-electron chi connectivity index (χ3n) is 4.99. The van der Waals surface area contributed by atoms with Crippen molar-refractivity contribution in [1.82, 2.24) is 4.90 Å². The molecule has 1 aliphatic rings. The smallest absolute Gasteiger partial charge is 0.222 e. The number of likely N-dealkylation sites (tertiary alicyclic amines) is 1. The minimum absolute atomic E-state index is 0.212. The van der Waals surface area contributed by atoms with E-state index in [1.54, 1.807) is 14.2 Å². The molecule has 27 heavy (non-hydrogen) atoms. The van der Waals surface area contributed by atoms with Gasteiger partial charge < -0.3 is 19.7 Å². The first-order valence-corrected chi connectivity index (χ1v) is 9.50. The number of aryl methyl sites for hydroxylation is 1. The molecule has 5 nitrogen and oxygen atoms in total. The molecule has 0 radical (unpaired) electrons. The predicted molar refractivity (Wildman–Crippen MR) is 108 cm³/mol. The Labute approximate surface area is 161 Å². The molecule has 1 N–H and O–H groups in total. The lowest BCUT2D eigenvalue weighted by Crippen LogP contribution is -2.45. The number of nitrogens with one attached hydrogen (secondary N) is 1. The van der Waals surface area contributed by atoms with Gasteiger partial charge in [0.2, 0.25) is 5.91 Å². The van der Waals surface area contributed by atoms with Crippen LogP contribution in [0, 0.1) is 0 Å². The van der Waals surface area contributed by atoms with E-state index in [1.807, 2.05) is 41.3 Å². The minimum Gasteiger partial charge on any atom is -0.493 e. The number of amides is 1. The van der Waals surface area contributed by atoms with E-state index in [2.05, 4.69) is 17.4 Å². The highest BCUT2D eigenvalue weighted by molar-refractivity contribution is 5.76. The van der Waals surface area contributed by atoms with Crippen molar-refractivity contribution in [3.8, 4) is 11.5 Å². The molecular formula is C22H28N2O3. The molecule has 0 unspecified atom stereocenters. The first-order chi connectivity index (χ1) is 13.2. The molecule has 1 heterocycles. The van der Waals surface area contributed by atoms with Crippen molar-refractivity contribution in [2.75, 3.05) is 32.6 Å². The Morgan fingerprint density at radius 2 is 1.89 bits per heavy atom. The summed E-state index contributed by atoms with van der Waals surface area (Å²) in [6.07, 6.45) is 3.33. The summed E-state index contributed by atoms with van der Waals surface area (Å²) in [4.78, 5) is 14.7. The quantitative estimate of drug-likeness (QED) is 0.809. The van der Waals surface area contributed by atoms with Gasteiger partial charge in [0.1, 0.15) is 0 Å². The summed E-state index contributed by atoms with van der Waals surface area (Å²) in [5.74, 6) is 1.62. The molecule has 0 spiro atoms. The average molecular weight is 368 g/mol. The van der Waals surface area contributed by atoms with Gasteiger partial charge in [-0.05, 0) is 49.1 Å². The van der Waals surface area contributed by atoms with Crippen molar-refractivity contribution >= 4 is 11.6 Å². The van der Waals surface area contributed by atoms with Gasteiger partial charge in [-0.2, -0.15) is 0 Å². The van der Waals surface area contributed by atoms with Gasteiger partial charge in [-0.25, -0.2) is 0 Å². The van der Waals surface area contributed by atoms with Crippen LogP contribution >= 0.6 is 0 Å². The first kappa shape index (κ1) is 19.1. The van der Waals surface area contributed by atoms with Gasteiger partial charge in [0.25, 0.3) is 0 Å². The Bertz CT molecular complexity index is 748. The minimum atomic E-state index is 0.212. The summed E-state index contributed by atoms with van der Waals surface area (Å²) in [5.41, 5.74) is 2.19. The molecule has 2 aromatic carbocycles. The second-order valence-electron chi connectivity index (χ2n) is 6.88. The number of anilines is 1. The average Bonchev–Trinajstić information content (AvgIpc) is 2.72. The number of hydrogen-bond acceptors (Lipinski definition) is 4. The SMILES string of the molecule is COc1ccc(CCC(=O)N2CCC[C@H](Nc3ccccc3)C2)cc1OC. The maximum atomic E-state index is 12.7. The van der Waals surface area contributed by atoms with Gasteiger partial charge in [0, 0.05) is 31.2 Å². The lowest BCUT2D eigenvalue weighted by atomic mass is 10.0. The molecule has 1 fully saturated rings. The number of piperidine rings is 1. The van der Waals surface area contributed by atoms with Crippen molar-refractivity contribution in [2.24, 2.45) is 0 Å². The van der Waals surface area contributed by atoms with Gasteiger partial charge in [-0.15, -0.1) is 0 Å². The van der Waals surface area contributed by atoms with E-state index in [1.165, 1.54) is 0 Å². The fraction of sp³-hybridized carbons (Fsp3) is 0.409. The Morgan fingerprint density at radius 1 is 1.11 bits per heavy atom. The molecule has 5 heteroatoms. The number of methoxy groups -OCH3 is 2. The van der Waals surface area contributed by atoms with E-state index < -0.39 is 0 Å². The highest BCUT2D eigenvalue weighted by Gasteiger charge is 2.23. The van der Waals surface area contributed by atoms with Crippen LogP contribution in [-0.2, 0) is 11.2 Å². The van der Waals surface area contributed by atoms with Crippen LogP contribution in [0.5, 0.6) is 11.5 Å². The number of rotatable bonds is 7. The number of carbonyl (C=O) groups excluding carboxylic acids is 1. The Kier molecular flexibility index (Phi) is 6.58. The van der Waals surface area contributed by atoms with Crippen LogP contribution in [0.2, 0.25) is 0 Å². The largest absolute Gasteiger partial charge is 0.493 e. The second-order valence-corrected chi connectivity index (χ2v) is 6.88. The van der Waals surface area contributed by atoms with Crippen LogP contribution in [0.25, 0.3) is 0 Å². The van der Waals surface area contributed by atoms with E-state index in [-0.39, 0.29) is 5.91 Å². The standard InChI is InChI=1S/C22H28N2O3/c1-26-20-12-10-17(15-21(20)27-2)11-13-22(25)24-14-6-9-19(16-24)23-18-7-4-3-5-8-18/h3-5,7-8,10,12,15,19,23H,6,9,11,13-14,16H2,1-2H3/t19-/m0/s1. The Hall–Kier alpha value is -2.69. The number of carbonyl (C=O) groups is 1. The molecule has 0 aromatic heterocycles. The summed E-state index contributed by atoms with van der Waals surface area (Å²) < 4.78 is 10.6. The molecular weight excluding hydrogens is 340 g/mol. The van der Waals surface area contributed by atoms with Crippen molar-refractivity contribution in [3.63, 3.8) is 0 Å². The number of ether oxygens (including phenoxy) is 2. The molecule has 0 aliphatic carbocycles. The van der Waals surface area contributed by atoms with Crippen LogP contribution in [0.1, 0.15) is 24.8 Å². The molecule has 144 valence electrons. The maximum absolute atomic E-state index is 12.7. The van der Waals surface area contributed by atoms with Crippen molar-refractivity contribution in [1.29, 1.82) is 0 Å². The monoisotopic (exact) mass is 368 g/mol. The van der Waals surface area contributed by atoms with E-state index in [0.29, 0.717) is 30.4 Å². The van der Waals surface area contributed by atoms with Crippen LogP contribution in [0.3, 0.4) is 0 Å². The summed E-state index contributed by atoms with van der Waals surface area (Å²) in [7, 11) is 3.25. The lowest BCUT2D eigenvalue weighted by Gasteiger charge is -2.34. The zero-order chi connectivity index (χ0) is 19.1. The zero-order valence-corrected chi connectivity index (χ0v) is 16.1. The zero-order valence-electron chi connectivity index (χ0n) is 16.1. The predicted octanol–water partition coefficient (Wildman–Crippen LogP) is 3.74. The third-order valence-corrected chi connectivity index (χ3v) is 4.99. The fourth-order valence-corrected chi connectivity index (χ4v) is 3.54. The van der Waals surface area contributed by atoms with Crippen LogP contribution < -0.4 is 14.8 Å².